The summed E-state index contributed by atoms with van der Waals surface area (Å²) in [4.78, 5) is 33.8. The van der Waals surface area contributed by atoms with Crippen LogP contribution in [0.5, 0.6) is 0 Å². The van der Waals surface area contributed by atoms with Crippen molar-refractivity contribution in [2.45, 2.75) is 50.6 Å². The molecule has 0 radical (unpaired) electrons. The van der Waals surface area contributed by atoms with E-state index in [1.807, 2.05) is 35.4 Å². The van der Waals surface area contributed by atoms with Crippen LogP contribution in [0.1, 0.15) is 48.9 Å². The molecule has 1 aliphatic carbocycles. The van der Waals surface area contributed by atoms with Gasteiger partial charge in [0.15, 0.2) is 0 Å². The van der Waals surface area contributed by atoms with E-state index in [0.717, 1.165) is 74.7 Å². The molecule has 1 N–H and O–H groups in total. The zero-order chi connectivity index (χ0) is 19.8. The number of nitrogens with one attached hydrogen (secondary N) is 1. The smallest absolute Gasteiger partial charge is 0.256 e. The molecule has 0 spiro atoms. The van der Waals surface area contributed by atoms with E-state index in [2.05, 4.69) is 9.88 Å². The van der Waals surface area contributed by atoms with Gasteiger partial charge in [-0.25, -0.2) is 0 Å². The molecular weight excluding hydrogens is 366 g/mol. The van der Waals surface area contributed by atoms with Crippen LogP contribution in [0.3, 0.4) is 0 Å². The molecule has 1 saturated carbocycles. The molecule has 29 heavy (non-hydrogen) atoms. The number of rotatable bonds is 4. The van der Waals surface area contributed by atoms with Gasteiger partial charge in [-0.1, -0.05) is 18.2 Å². The molecule has 2 saturated heterocycles. The Bertz CT molecular complexity index is 898. The summed E-state index contributed by atoms with van der Waals surface area (Å²) in [6, 6.07) is 8.29. The summed E-state index contributed by atoms with van der Waals surface area (Å²) < 4.78 is 5.54. The van der Waals surface area contributed by atoms with Crippen LogP contribution >= 0.6 is 0 Å². The van der Waals surface area contributed by atoms with Gasteiger partial charge in [0.2, 0.25) is 5.91 Å². The molecule has 1 unspecified atom stereocenters. The number of carbonyl (C=O) groups excluding carboxylic acids is 2. The molecule has 0 bridgehead atoms. The summed E-state index contributed by atoms with van der Waals surface area (Å²) in [6.45, 7) is 2.84. The van der Waals surface area contributed by atoms with E-state index in [0.29, 0.717) is 12.5 Å². The Hall–Kier alpha value is -2.34. The molecule has 6 nitrogen and oxygen atoms in total. The summed E-state index contributed by atoms with van der Waals surface area (Å²) >= 11 is 0. The third-order valence-corrected chi connectivity index (χ3v) is 6.66. The van der Waals surface area contributed by atoms with E-state index in [1.165, 1.54) is 0 Å². The fourth-order valence-electron chi connectivity index (χ4n) is 4.95. The number of H-pyrrole nitrogens is 1. The Kier molecular flexibility index (Phi) is 5.04. The third-order valence-electron chi connectivity index (χ3n) is 6.66. The van der Waals surface area contributed by atoms with E-state index in [-0.39, 0.29) is 23.9 Å². The van der Waals surface area contributed by atoms with Crippen LogP contribution in [0.4, 0.5) is 0 Å². The molecule has 154 valence electrons. The number of aromatic nitrogens is 1. The lowest BCUT2D eigenvalue weighted by atomic mass is 9.97. The number of carbonyl (C=O) groups is 2. The zero-order valence-electron chi connectivity index (χ0n) is 16.8. The van der Waals surface area contributed by atoms with Crippen molar-refractivity contribution in [1.29, 1.82) is 0 Å². The summed E-state index contributed by atoms with van der Waals surface area (Å²) in [7, 11) is 0. The standard InChI is InChI=1S/C23H29N3O3/c27-22(16-7-8-16)26(17-9-12-29-13-10-17)18-4-3-11-25(15-18)23(28)20-14-24-21-6-2-1-5-19(20)21/h1-2,5-6,14,16-18,24H,3-4,7-13,15H2. The van der Waals surface area contributed by atoms with Crippen LogP contribution in [0.15, 0.2) is 30.5 Å². The topological polar surface area (TPSA) is 65.6 Å². The van der Waals surface area contributed by atoms with Crippen LogP contribution in [0.25, 0.3) is 10.9 Å². The van der Waals surface area contributed by atoms with Gasteiger partial charge in [0.05, 0.1) is 5.56 Å². The number of para-hydroxylation sites is 1. The molecule has 2 aromatic rings. The summed E-state index contributed by atoms with van der Waals surface area (Å²) in [6.07, 6.45) is 7.59. The maximum absolute atomic E-state index is 13.3. The van der Waals surface area contributed by atoms with Crippen LogP contribution < -0.4 is 0 Å². The van der Waals surface area contributed by atoms with Crippen molar-refractivity contribution in [1.82, 2.24) is 14.8 Å². The SMILES string of the molecule is O=C(c1c[nH]c2ccccc12)N1CCCC(N(C(=O)C2CC2)C2CCOCC2)C1. The quantitative estimate of drug-likeness (QED) is 0.865. The number of aromatic amines is 1. The van der Waals surface area contributed by atoms with Gasteiger partial charge in [-0.05, 0) is 44.6 Å². The van der Waals surface area contributed by atoms with E-state index in [9.17, 15) is 9.59 Å². The van der Waals surface area contributed by atoms with Gasteiger partial charge in [-0.2, -0.15) is 0 Å². The zero-order valence-corrected chi connectivity index (χ0v) is 16.8. The van der Waals surface area contributed by atoms with Crippen molar-refractivity contribution >= 4 is 22.7 Å². The molecule has 5 rings (SSSR count). The number of piperidine rings is 1. The number of hydrogen-bond donors (Lipinski definition) is 1. The van der Waals surface area contributed by atoms with Crippen molar-refractivity contribution in [3.8, 4) is 0 Å². The lowest BCUT2D eigenvalue weighted by molar-refractivity contribution is -0.141. The highest BCUT2D eigenvalue weighted by Crippen LogP contribution is 2.35. The molecule has 6 heteroatoms. The molecule has 1 atom stereocenters. The highest BCUT2D eigenvalue weighted by atomic mass is 16.5. The first-order chi connectivity index (χ1) is 14.2. The maximum Gasteiger partial charge on any atom is 0.256 e. The third kappa shape index (κ3) is 3.66. The van der Waals surface area contributed by atoms with Crippen molar-refractivity contribution in [2.24, 2.45) is 5.92 Å². The molecule has 3 fully saturated rings. The minimum Gasteiger partial charge on any atom is -0.381 e. The van der Waals surface area contributed by atoms with Gasteiger partial charge in [0.25, 0.3) is 5.91 Å². The van der Waals surface area contributed by atoms with Gasteiger partial charge >= 0.3 is 0 Å². The molecule has 3 aliphatic rings. The summed E-state index contributed by atoms with van der Waals surface area (Å²) in [5, 5.41) is 0.968. The first kappa shape index (κ1) is 18.7. The average molecular weight is 396 g/mol. The van der Waals surface area contributed by atoms with Gasteiger partial charge in [-0.3, -0.25) is 9.59 Å². The summed E-state index contributed by atoms with van der Waals surface area (Å²) in [5.41, 5.74) is 1.71. The number of amides is 2. The lowest BCUT2D eigenvalue weighted by Gasteiger charge is -2.44. The van der Waals surface area contributed by atoms with Crippen molar-refractivity contribution in [3.05, 3.63) is 36.0 Å². The number of fused-ring (bicyclic) bond motifs is 1. The fourth-order valence-corrected chi connectivity index (χ4v) is 4.95. The van der Waals surface area contributed by atoms with Crippen LogP contribution in [-0.2, 0) is 9.53 Å². The van der Waals surface area contributed by atoms with E-state index in [1.54, 1.807) is 0 Å². The Morgan fingerprint density at radius 1 is 1.03 bits per heavy atom. The predicted molar refractivity (Wildman–Crippen MR) is 111 cm³/mol. The van der Waals surface area contributed by atoms with E-state index >= 15 is 0 Å². The van der Waals surface area contributed by atoms with Crippen molar-refractivity contribution < 1.29 is 14.3 Å². The molecule has 2 amide bonds. The molecular formula is C23H29N3O3. The van der Waals surface area contributed by atoms with Gasteiger partial charge in [0, 0.05) is 61.4 Å². The van der Waals surface area contributed by atoms with Crippen molar-refractivity contribution in [3.63, 3.8) is 0 Å². The maximum atomic E-state index is 13.3. The first-order valence-electron chi connectivity index (χ1n) is 11.0. The van der Waals surface area contributed by atoms with E-state index < -0.39 is 0 Å². The average Bonchev–Trinajstić information content (AvgIpc) is 3.54. The van der Waals surface area contributed by atoms with Crippen LogP contribution in [0, 0.1) is 5.92 Å². The fraction of sp³-hybridized carbons (Fsp3) is 0.565. The molecule has 1 aromatic heterocycles. The molecule has 2 aliphatic heterocycles. The monoisotopic (exact) mass is 395 g/mol. The number of ether oxygens (including phenoxy) is 1. The van der Waals surface area contributed by atoms with E-state index in [4.69, 9.17) is 4.74 Å². The summed E-state index contributed by atoms with van der Waals surface area (Å²) in [5.74, 6) is 0.582. The van der Waals surface area contributed by atoms with Gasteiger partial charge < -0.3 is 19.5 Å². The van der Waals surface area contributed by atoms with Gasteiger partial charge in [0.1, 0.15) is 0 Å². The van der Waals surface area contributed by atoms with Crippen LogP contribution in [-0.4, -0.2) is 65.0 Å². The lowest BCUT2D eigenvalue weighted by Crippen LogP contribution is -2.56. The Morgan fingerprint density at radius 3 is 2.62 bits per heavy atom. The number of likely N-dealkylation sites (tertiary alicyclic amines) is 1. The Labute approximate surface area is 171 Å². The molecule has 1 aromatic carbocycles. The normalized spacial score (nSPS) is 23.3. The highest BCUT2D eigenvalue weighted by molar-refractivity contribution is 6.06. The van der Waals surface area contributed by atoms with Gasteiger partial charge in [-0.15, -0.1) is 0 Å². The van der Waals surface area contributed by atoms with Crippen molar-refractivity contribution in [2.75, 3.05) is 26.3 Å². The highest BCUT2D eigenvalue weighted by Gasteiger charge is 2.41. The van der Waals surface area contributed by atoms with Crippen LogP contribution in [0.2, 0.25) is 0 Å². The first-order valence-corrected chi connectivity index (χ1v) is 11.0. The molecule has 3 heterocycles. The number of hydrogen-bond acceptors (Lipinski definition) is 3. The largest absolute Gasteiger partial charge is 0.381 e. The number of benzene rings is 1. The number of nitrogens with zero attached hydrogens (tertiary/aromatic N) is 2. The second-order valence-corrected chi connectivity index (χ2v) is 8.66. The predicted octanol–water partition coefficient (Wildman–Crippen LogP) is 3.19. The second-order valence-electron chi connectivity index (χ2n) is 8.66. The Morgan fingerprint density at radius 2 is 1.83 bits per heavy atom. The second kappa shape index (κ2) is 7.82. The minimum absolute atomic E-state index is 0.0675. The minimum atomic E-state index is 0.0675. The Balaban J connectivity index is 1.36.